The van der Waals surface area contributed by atoms with E-state index in [9.17, 15) is 13.7 Å². The van der Waals surface area contributed by atoms with Crippen LogP contribution in [-0.2, 0) is 10.0 Å². The van der Waals surface area contributed by atoms with Gasteiger partial charge in [-0.25, -0.2) is 8.42 Å². The van der Waals surface area contributed by atoms with E-state index in [4.69, 9.17) is 0 Å². The molecule has 0 unspecified atom stereocenters. The van der Waals surface area contributed by atoms with Crippen molar-refractivity contribution in [3.05, 3.63) is 12.4 Å². The Bertz CT molecular complexity index is 537. The van der Waals surface area contributed by atoms with E-state index in [0.29, 0.717) is 12.8 Å². The minimum Gasteiger partial charge on any atom is -0.284 e. The summed E-state index contributed by atoms with van der Waals surface area (Å²) in [6.07, 6.45) is 8.72. The van der Waals surface area contributed by atoms with E-state index in [0.717, 1.165) is 32.1 Å². The molecule has 2 rings (SSSR count). The van der Waals surface area contributed by atoms with Gasteiger partial charge in [0.05, 0.1) is 12.3 Å². The highest BCUT2D eigenvalue weighted by atomic mass is 32.2. The summed E-state index contributed by atoms with van der Waals surface area (Å²) in [6, 6.07) is 2.18. The van der Waals surface area contributed by atoms with E-state index in [1.165, 1.54) is 12.4 Å². The van der Waals surface area contributed by atoms with Crippen LogP contribution in [0.1, 0.15) is 44.9 Å². The first-order valence-corrected chi connectivity index (χ1v) is 8.00. The lowest BCUT2D eigenvalue weighted by Crippen LogP contribution is -2.47. The molecule has 1 aromatic rings. The van der Waals surface area contributed by atoms with Gasteiger partial charge in [-0.2, -0.15) is 15.1 Å². The zero-order chi connectivity index (χ0) is 13.8. The average Bonchev–Trinajstić information content (AvgIpc) is 2.87. The molecule has 0 amide bonds. The molecule has 1 saturated carbocycles. The van der Waals surface area contributed by atoms with Gasteiger partial charge in [0, 0.05) is 6.20 Å². The summed E-state index contributed by atoms with van der Waals surface area (Å²) in [6.45, 7) is 0. The van der Waals surface area contributed by atoms with E-state index in [1.54, 1.807) is 0 Å². The van der Waals surface area contributed by atoms with Crippen molar-refractivity contribution in [3.63, 3.8) is 0 Å². The van der Waals surface area contributed by atoms with E-state index < -0.39 is 15.6 Å². The molecular weight excluding hydrogens is 264 g/mol. The van der Waals surface area contributed by atoms with Gasteiger partial charge in [-0.3, -0.25) is 5.10 Å². The number of aromatic amines is 1. The third kappa shape index (κ3) is 3.33. The maximum atomic E-state index is 12.2. The van der Waals surface area contributed by atoms with Crippen LogP contribution in [-0.4, -0.2) is 24.2 Å². The van der Waals surface area contributed by atoms with Crippen molar-refractivity contribution >= 4 is 10.0 Å². The first-order valence-electron chi connectivity index (χ1n) is 6.52. The molecule has 0 aromatic carbocycles. The van der Waals surface area contributed by atoms with Gasteiger partial charge in [0.25, 0.3) is 0 Å². The SMILES string of the molecule is N#CC1(NS(=O)(=O)c2cn[nH]c2)CCCCCCC1. The van der Waals surface area contributed by atoms with Crippen molar-refractivity contribution in [2.45, 2.75) is 55.4 Å². The minimum atomic E-state index is -3.68. The van der Waals surface area contributed by atoms with Crippen LogP contribution in [0.4, 0.5) is 0 Å². The Hall–Kier alpha value is -1.39. The van der Waals surface area contributed by atoms with E-state index in [1.807, 2.05) is 0 Å². The van der Waals surface area contributed by atoms with Gasteiger partial charge in [-0.1, -0.05) is 32.1 Å². The molecule has 1 fully saturated rings. The molecule has 1 heterocycles. The van der Waals surface area contributed by atoms with Crippen LogP contribution < -0.4 is 4.72 Å². The maximum Gasteiger partial charge on any atom is 0.245 e. The molecule has 0 bridgehead atoms. The van der Waals surface area contributed by atoms with Crippen molar-refractivity contribution in [2.75, 3.05) is 0 Å². The van der Waals surface area contributed by atoms with Crippen LogP contribution in [0.3, 0.4) is 0 Å². The molecule has 0 radical (unpaired) electrons. The Balaban J connectivity index is 2.20. The number of nitrogens with one attached hydrogen (secondary N) is 2. The second-order valence-corrected chi connectivity index (χ2v) is 6.68. The van der Waals surface area contributed by atoms with Crippen molar-refractivity contribution < 1.29 is 8.42 Å². The minimum absolute atomic E-state index is 0.0733. The zero-order valence-corrected chi connectivity index (χ0v) is 11.5. The van der Waals surface area contributed by atoms with Gasteiger partial charge < -0.3 is 0 Å². The lowest BCUT2D eigenvalue weighted by molar-refractivity contribution is 0.357. The molecule has 104 valence electrons. The molecule has 1 aliphatic carbocycles. The largest absolute Gasteiger partial charge is 0.284 e. The number of aromatic nitrogens is 2. The molecule has 0 saturated heterocycles. The molecule has 2 N–H and O–H groups in total. The number of sulfonamides is 1. The van der Waals surface area contributed by atoms with Crippen molar-refractivity contribution in [1.29, 1.82) is 5.26 Å². The third-order valence-electron chi connectivity index (χ3n) is 3.53. The highest BCUT2D eigenvalue weighted by Gasteiger charge is 2.35. The zero-order valence-electron chi connectivity index (χ0n) is 10.7. The highest BCUT2D eigenvalue weighted by molar-refractivity contribution is 7.89. The lowest BCUT2D eigenvalue weighted by atomic mass is 9.86. The topological polar surface area (TPSA) is 98.6 Å². The van der Waals surface area contributed by atoms with Crippen molar-refractivity contribution in [2.24, 2.45) is 0 Å². The first-order chi connectivity index (χ1) is 9.08. The predicted molar refractivity (Wildman–Crippen MR) is 69.6 cm³/mol. The Morgan fingerprint density at radius 2 is 1.89 bits per heavy atom. The van der Waals surface area contributed by atoms with Crippen molar-refractivity contribution in [1.82, 2.24) is 14.9 Å². The highest BCUT2D eigenvalue weighted by Crippen LogP contribution is 2.27. The fourth-order valence-corrected chi connectivity index (χ4v) is 3.73. The summed E-state index contributed by atoms with van der Waals surface area (Å²) < 4.78 is 27.0. The summed E-state index contributed by atoms with van der Waals surface area (Å²) in [7, 11) is -3.68. The summed E-state index contributed by atoms with van der Waals surface area (Å²) in [4.78, 5) is 0.0733. The van der Waals surface area contributed by atoms with Crippen LogP contribution in [0.25, 0.3) is 0 Å². The molecule has 1 aromatic heterocycles. The second kappa shape index (κ2) is 5.72. The fraction of sp³-hybridized carbons (Fsp3) is 0.667. The molecule has 7 heteroatoms. The molecule has 1 aliphatic rings. The molecule has 19 heavy (non-hydrogen) atoms. The maximum absolute atomic E-state index is 12.2. The number of hydrogen-bond donors (Lipinski definition) is 2. The van der Waals surface area contributed by atoms with Gasteiger partial charge in [0.15, 0.2) is 0 Å². The molecule has 6 nitrogen and oxygen atoms in total. The average molecular weight is 282 g/mol. The normalized spacial score (nSPS) is 20.2. The van der Waals surface area contributed by atoms with Gasteiger partial charge >= 0.3 is 0 Å². The van der Waals surface area contributed by atoms with Gasteiger partial charge in [-0.15, -0.1) is 0 Å². The standard InChI is InChI=1S/C12H18N4O2S/c13-10-12(6-4-2-1-3-5-7-12)16-19(17,18)11-8-14-15-9-11/h8-9,16H,1-7H2,(H,14,15). The number of rotatable bonds is 3. The summed E-state index contributed by atoms with van der Waals surface area (Å²) in [5.74, 6) is 0. The Labute approximate surface area is 113 Å². The van der Waals surface area contributed by atoms with Crippen LogP contribution in [0.5, 0.6) is 0 Å². The first kappa shape index (κ1) is 14.0. The van der Waals surface area contributed by atoms with E-state index in [2.05, 4.69) is 21.0 Å². The van der Waals surface area contributed by atoms with Crippen molar-refractivity contribution in [3.8, 4) is 6.07 Å². The van der Waals surface area contributed by atoms with Crippen LogP contribution in [0.2, 0.25) is 0 Å². The molecule has 0 spiro atoms. The number of hydrogen-bond acceptors (Lipinski definition) is 4. The lowest BCUT2D eigenvalue weighted by Gasteiger charge is -2.29. The number of H-pyrrole nitrogens is 1. The summed E-state index contributed by atoms with van der Waals surface area (Å²) in [5, 5.41) is 15.5. The van der Waals surface area contributed by atoms with Gasteiger partial charge in [0.1, 0.15) is 10.4 Å². The third-order valence-corrected chi connectivity index (χ3v) is 5.04. The molecule has 0 aliphatic heterocycles. The Kier molecular flexibility index (Phi) is 4.22. The van der Waals surface area contributed by atoms with Crippen LogP contribution in [0.15, 0.2) is 17.3 Å². The van der Waals surface area contributed by atoms with Crippen LogP contribution >= 0.6 is 0 Å². The monoisotopic (exact) mass is 282 g/mol. The summed E-state index contributed by atoms with van der Waals surface area (Å²) in [5.41, 5.74) is -0.976. The Morgan fingerprint density at radius 1 is 1.26 bits per heavy atom. The van der Waals surface area contributed by atoms with E-state index >= 15 is 0 Å². The van der Waals surface area contributed by atoms with E-state index in [-0.39, 0.29) is 4.90 Å². The predicted octanol–water partition coefficient (Wildman–Crippen LogP) is 1.69. The van der Waals surface area contributed by atoms with Gasteiger partial charge in [0.2, 0.25) is 10.0 Å². The fourth-order valence-electron chi connectivity index (χ4n) is 2.45. The molecular formula is C12H18N4O2S. The summed E-state index contributed by atoms with van der Waals surface area (Å²) >= 11 is 0. The second-order valence-electron chi connectivity index (χ2n) is 5.00. The quantitative estimate of drug-likeness (QED) is 0.881. The Morgan fingerprint density at radius 3 is 2.42 bits per heavy atom. The van der Waals surface area contributed by atoms with Gasteiger partial charge in [-0.05, 0) is 12.8 Å². The van der Waals surface area contributed by atoms with Crippen LogP contribution in [0, 0.1) is 11.3 Å². The number of nitrogens with zero attached hydrogens (tertiary/aromatic N) is 2. The smallest absolute Gasteiger partial charge is 0.245 e. The number of nitriles is 1. The molecule has 0 atom stereocenters.